The lowest BCUT2D eigenvalue weighted by Gasteiger charge is -2.12. The van der Waals surface area contributed by atoms with Crippen LogP contribution in [0.15, 0.2) is 53.4 Å². The van der Waals surface area contributed by atoms with Gasteiger partial charge in [0.1, 0.15) is 11.6 Å². The van der Waals surface area contributed by atoms with Crippen molar-refractivity contribution >= 4 is 17.7 Å². The van der Waals surface area contributed by atoms with Gasteiger partial charge in [-0.05, 0) is 24.6 Å². The standard InChI is InChI=1S/C16H15F2NOS/c1-11(21-15-8-7-13(17)9-14(15)18)16(20)19-10-12-5-3-2-4-6-12/h2-9,11H,10H2,1H3,(H,19,20)/t11-/m0/s1. The quantitative estimate of drug-likeness (QED) is 0.852. The van der Waals surface area contributed by atoms with Gasteiger partial charge in [-0.1, -0.05) is 30.3 Å². The highest BCUT2D eigenvalue weighted by molar-refractivity contribution is 8.00. The maximum absolute atomic E-state index is 13.5. The number of halogens is 2. The number of carbonyl (C=O) groups excluding carboxylic acids is 1. The van der Waals surface area contributed by atoms with Crippen molar-refractivity contribution in [3.8, 4) is 0 Å². The van der Waals surface area contributed by atoms with Crippen molar-refractivity contribution in [1.82, 2.24) is 5.32 Å². The second-order valence-electron chi connectivity index (χ2n) is 4.54. The average molecular weight is 307 g/mol. The van der Waals surface area contributed by atoms with Crippen LogP contribution < -0.4 is 5.32 Å². The molecule has 0 heterocycles. The van der Waals surface area contributed by atoms with E-state index >= 15 is 0 Å². The molecule has 5 heteroatoms. The molecule has 1 N–H and O–H groups in total. The molecule has 110 valence electrons. The molecule has 0 aliphatic heterocycles. The second-order valence-corrected chi connectivity index (χ2v) is 5.92. The lowest BCUT2D eigenvalue weighted by atomic mass is 10.2. The summed E-state index contributed by atoms with van der Waals surface area (Å²) in [6.45, 7) is 2.12. The van der Waals surface area contributed by atoms with Crippen molar-refractivity contribution in [3.63, 3.8) is 0 Å². The van der Waals surface area contributed by atoms with Gasteiger partial charge in [0.15, 0.2) is 0 Å². The van der Waals surface area contributed by atoms with E-state index in [0.29, 0.717) is 6.54 Å². The van der Waals surface area contributed by atoms with Crippen LogP contribution in [0.3, 0.4) is 0 Å². The Morgan fingerprint density at radius 3 is 2.57 bits per heavy atom. The topological polar surface area (TPSA) is 29.1 Å². The number of benzene rings is 2. The van der Waals surface area contributed by atoms with E-state index in [2.05, 4.69) is 5.32 Å². The van der Waals surface area contributed by atoms with Gasteiger partial charge in [-0.2, -0.15) is 0 Å². The zero-order chi connectivity index (χ0) is 15.2. The maximum atomic E-state index is 13.5. The Balaban J connectivity index is 1.90. The molecule has 0 unspecified atom stereocenters. The van der Waals surface area contributed by atoms with Gasteiger partial charge in [-0.25, -0.2) is 8.78 Å². The van der Waals surface area contributed by atoms with Crippen LogP contribution in [-0.4, -0.2) is 11.2 Å². The lowest BCUT2D eigenvalue weighted by Crippen LogP contribution is -2.30. The van der Waals surface area contributed by atoms with Crippen LogP contribution in [0.2, 0.25) is 0 Å². The summed E-state index contributed by atoms with van der Waals surface area (Å²) in [5.41, 5.74) is 0.996. The molecular weight excluding hydrogens is 292 g/mol. The molecule has 21 heavy (non-hydrogen) atoms. The van der Waals surface area contributed by atoms with E-state index in [1.54, 1.807) is 6.92 Å². The summed E-state index contributed by atoms with van der Waals surface area (Å²) in [4.78, 5) is 12.2. The molecule has 0 radical (unpaired) electrons. The first-order valence-electron chi connectivity index (χ1n) is 6.49. The molecule has 0 bridgehead atoms. The minimum absolute atomic E-state index is 0.187. The third-order valence-electron chi connectivity index (χ3n) is 2.88. The summed E-state index contributed by atoms with van der Waals surface area (Å²) in [7, 11) is 0. The van der Waals surface area contributed by atoms with Crippen LogP contribution in [0, 0.1) is 11.6 Å². The van der Waals surface area contributed by atoms with Crippen LogP contribution in [0.25, 0.3) is 0 Å². The molecule has 0 saturated carbocycles. The Morgan fingerprint density at radius 1 is 1.19 bits per heavy atom. The van der Waals surface area contributed by atoms with Crippen LogP contribution in [-0.2, 0) is 11.3 Å². The Labute approximate surface area is 126 Å². The van der Waals surface area contributed by atoms with Gasteiger partial charge in [0.25, 0.3) is 0 Å². The Hall–Kier alpha value is -1.88. The first-order chi connectivity index (χ1) is 10.1. The number of nitrogens with one attached hydrogen (secondary N) is 1. The zero-order valence-electron chi connectivity index (χ0n) is 11.5. The molecule has 1 amide bonds. The van der Waals surface area contributed by atoms with Crippen LogP contribution in [0.5, 0.6) is 0 Å². The number of amides is 1. The van der Waals surface area contributed by atoms with E-state index in [0.717, 1.165) is 23.4 Å². The SMILES string of the molecule is C[C@H](Sc1ccc(F)cc1F)C(=O)NCc1ccccc1. The summed E-state index contributed by atoms with van der Waals surface area (Å²) < 4.78 is 26.4. The van der Waals surface area contributed by atoms with Crippen molar-refractivity contribution in [2.45, 2.75) is 23.6 Å². The van der Waals surface area contributed by atoms with Crippen molar-refractivity contribution in [1.29, 1.82) is 0 Å². The average Bonchev–Trinajstić information content (AvgIpc) is 2.48. The number of thioether (sulfide) groups is 1. The van der Waals surface area contributed by atoms with Crippen molar-refractivity contribution in [2.24, 2.45) is 0 Å². The molecule has 1 atom stereocenters. The van der Waals surface area contributed by atoms with E-state index in [9.17, 15) is 13.6 Å². The smallest absolute Gasteiger partial charge is 0.233 e. The maximum Gasteiger partial charge on any atom is 0.233 e. The third kappa shape index (κ3) is 4.56. The third-order valence-corrected chi connectivity index (χ3v) is 4.03. The first-order valence-corrected chi connectivity index (χ1v) is 7.37. The number of rotatable bonds is 5. The predicted octanol–water partition coefficient (Wildman–Crippen LogP) is 3.76. The molecule has 2 aromatic carbocycles. The van der Waals surface area contributed by atoms with Crippen LogP contribution in [0.4, 0.5) is 8.78 Å². The van der Waals surface area contributed by atoms with E-state index in [1.807, 2.05) is 30.3 Å². The fourth-order valence-corrected chi connectivity index (χ4v) is 2.63. The van der Waals surface area contributed by atoms with E-state index in [4.69, 9.17) is 0 Å². The molecule has 0 fully saturated rings. The van der Waals surface area contributed by atoms with Crippen LogP contribution in [0.1, 0.15) is 12.5 Å². The van der Waals surface area contributed by atoms with Gasteiger partial charge in [0.05, 0.1) is 5.25 Å². The fraction of sp³-hybridized carbons (Fsp3) is 0.188. The molecule has 0 aromatic heterocycles. The summed E-state index contributed by atoms with van der Waals surface area (Å²) >= 11 is 1.07. The van der Waals surface area contributed by atoms with Gasteiger partial charge in [0, 0.05) is 17.5 Å². The highest BCUT2D eigenvalue weighted by Crippen LogP contribution is 2.26. The van der Waals surface area contributed by atoms with Gasteiger partial charge >= 0.3 is 0 Å². The van der Waals surface area contributed by atoms with Gasteiger partial charge < -0.3 is 5.32 Å². The second kappa shape index (κ2) is 7.22. The summed E-state index contributed by atoms with van der Waals surface area (Å²) in [6, 6.07) is 12.9. The largest absolute Gasteiger partial charge is 0.351 e. The first kappa shape index (κ1) is 15.5. The van der Waals surface area contributed by atoms with E-state index in [-0.39, 0.29) is 10.8 Å². The predicted molar refractivity (Wildman–Crippen MR) is 80.0 cm³/mol. The van der Waals surface area contributed by atoms with Gasteiger partial charge in [-0.15, -0.1) is 11.8 Å². The van der Waals surface area contributed by atoms with E-state index in [1.165, 1.54) is 12.1 Å². The number of carbonyl (C=O) groups is 1. The zero-order valence-corrected chi connectivity index (χ0v) is 12.3. The Bertz CT molecular complexity index is 619. The summed E-state index contributed by atoms with van der Waals surface area (Å²) in [6.07, 6.45) is 0. The molecule has 0 aliphatic carbocycles. The molecule has 0 aliphatic rings. The highest BCUT2D eigenvalue weighted by Gasteiger charge is 2.16. The van der Waals surface area contributed by atoms with Gasteiger partial charge in [-0.3, -0.25) is 4.79 Å². The van der Waals surface area contributed by atoms with Crippen LogP contribution >= 0.6 is 11.8 Å². The fourth-order valence-electron chi connectivity index (χ4n) is 1.74. The molecular formula is C16H15F2NOS. The van der Waals surface area contributed by atoms with Crippen molar-refractivity contribution in [2.75, 3.05) is 0 Å². The number of hydrogen-bond donors (Lipinski definition) is 1. The normalized spacial score (nSPS) is 12.0. The minimum Gasteiger partial charge on any atom is -0.351 e. The molecule has 2 nitrogen and oxygen atoms in total. The lowest BCUT2D eigenvalue weighted by molar-refractivity contribution is -0.120. The number of hydrogen-bond acceptors (Lipinski definition) is 2. The Morgan fingerprint density at radius 2 is 1.90 bits per heavy atom. The Kier molecular flexibility index (Phi) is 5.33. The summed E-state index contributed by atoms with van der Waals surface area (Å²) in [5.74, 6) is -1.46. The molecule has 0 saturated heterocycles. The molecule has 2 rings (SSSR count). The van der Waals surface area contributed by atoms with E-state index < -0.39 is 16.9 Å². The van der Waals surface area contributed by atoms with Gasteiger partial charge in [0.2, 0.25) is 5.91 Å². The molecule has 0 spiro atoms. The van der Waals surface area contributed by atoms with Crippen molar-refractivity contribution in [3.05, 3.63) is 65.7 Å². The summed E-state index contributed by atoms with van der Waals surface area (Å²) in [5, 5.41) is 2.33. The molecule has 2 aromatic rings. The highest BCUT2D eigenvalue weighted by atomic mass is 32.2. The van der Waals surface area contributed by atoms with Crippen molar-refractivity contribution < 1.29 is 13.6 Å². The minimum atomic E-state index is -0.650. The monoisotopic (exact) mass is 307 g/mol.